The van der Waals surface area contributed by atoms with Crippen LogP contribution in [0, 0.1) is 0 Å². The third-order valence-corrected chi connectivity index (χ3v) is 9.18. The minimum atomic E-state index is -4.78. The molecule has 0 amide bonds. The molecule has 12 nitrogen and oxygen atoms in total. The van der Waals surface area contributed by atoms with E-state index in [2.05, 4.69) is 79.1 Å². The van der Waals surface area contributed by atoms with Gasteiger partial charge in [0.05, 0.1) is 19.3 Å². The number of carboxylic acids is 1. The molecule has 4 atom stereocenters. The van der Waals surface area contributed by atoms with Crippen molar-refractivity contribution in [1.29, 1.82) is 0 Å². The molecule has 0 aromatic rings. The van der Waals surface area contributed by atoms with Crippen LogP contribution >= 0.6 is 7.82 Å². The third-order valence-electron chi connectivity index (χ3n) is 8.23. The van der Waals surface area contributed by atoms with E-state index in [0.717, 1.165) is 70.6 Å². The first-order valence-electron chi connectivity index (χ1n) is 20.7. The number of phosphoric ester groups is 1. The summed E-state index contributed by atoms with van der Waals surface area (Å²) in [6, 6.07) is -1.56. The number of aliphatic hydroxyl groups excluding tert-OH is 1. The van der Waals surface area contributed by atoms with E-state index in [0.29, 0.717) is 6.42 Å². The number of hydrogen-bond acceptors (Lipinski definition) is 10. The average Bonchev–Trinajstić information content (AvgIpc) is 3.18. The molecule has 0 rings (SSSR count). The van der Waals surface area contributed by atoms with Crippen LogP contribution in [0.1, 0.15) is 136 Å². The number of unbranched alkanes of at least 4 members (excludes halogenated alkanes) is 8. The monoisotopic (exact) mass is 821 g/mol. The van der Waals surface area contributed by atoms with E-state index in [-0.39, 0.29) is 25.7 Å². The van der Waals surface area contributed by atoms with E-state index in [1.807, 2.05) is 12.2 Å². The summed E-state index contributed by atoms with van der Waals surface area (Å²) in [5.74, 6) is -2.64. The Labute approximate surface area is 342 Å². The van der Waals surface area contributed by atoms with Crippen LogP contribution in [0.25, 0.3) is 0 Å². The lowest BCUT2D eigenvalue weighted by atomic mass is 10.1. The van der Waals surface area contributed by atoms with Gasteiger partial charge in [-0.25, -0.2) is 4.57 Å². The van der Waals surface area contributed by atoms with Crippen LogP contribution < -0.4 is 5.73 Å². The van der Waals surface area contributed by atoms with Gasteiger partial charge in [0.15, 0.2) is 6.10 Å². The van der Waals surface area contributed by atoms with E-state index in [4.69, 9.17) is 24.8 Å². The Kier molecular flexibility index (Phi) is 35.9. The second-order valence-corrected chi connectivity index (χ2v) is 15.0. The lowest BCUT2D eigenvalue weighted by Crippen LogP contribution is -2.34. The number of aliphatic carboxylic acids is 1. The van der Waals surface area contributed by atoms with E-state index in [1.165, 1.54) is 19.3 Å². The lowest BCUT2D eigenvalue weighted by molar-refractivity contribution is -0.161. The summed E-state index contributed by atoms with van der Waals surface area (Å²) < 4.78 is 32.5. The highest BCUT2D eigenvalue weighted by Crippen LogP contribution is 2.43. The number of hydrogen-bond donors (Lipinski definition) is 4. The first-order chi connectivity index (χ1) is 27.5. The zero-order valence-corrected chi connectivity index (χ0v) is 35.4. The molecule has 0 heterocycles. The topological polar surface area (TPSA) is 192 Å². The Balaban J connectivity index is 4.65. The van der Waals surface area contributed by atoms with Gasteiger partial charge in [-0.1, -0.05) is 131 Å². The van der Waals surface area contributed by atoms with Gasteiger partial charge in [0.1, 0.15) is 12.6 Å². The van der Waals surface area contributed by atoms with Crippen LogP contribution in [0.5, 0.6) is 0 Å². The van der Waals surface area contributed by atoms with Crippen LogP contribution in [0.3, 0.4) is 0 Å². The minimum Gasteiger partial charge on any atom is -0.480 e. The summed E-state index contributed by atoms with van der Waals surface area (Å²) in [5, 5.41) is 19.2. The molecule has 0 saturated carbocycles. The molecule has 5 N–H and O–H groups in total. The summed E-state index contributed by atoms with van der Waals surface area (Å²) in [6.07, 6.45) is 42.5. The highest BCUT2D eigenvalue weighted by molar-refractivity contribution is 7.47. The Hall–Kier alpha value is -3.38. The number of ether oxygens (including phenoxy) is 2. The molecular formula is C44H72NO11P. The minimum absolute atomic E-state index is 0.0758. The van der Waals surface area contributed by atoms with Crippen LogP contribution in [-0.4, -0.2) is 71.1 Å². The van der Waals surface area contributed by atoms with E-state index < -0.39 is 63.8 Å². The van der Waals surface area contributed by atoms with Crippen LogP contribution in [0.4, 0.5) is 0 Å². The summed E-state index contributed by atoms with van der Waals surface area (Å²) in [6.45, 7) is 2.42. The van der Waals surface area contributed by atoms with Crippen LogP contribution in [-0.2, 0) is 37.5 Å². The molecule has 0 aromatic carbocycles. The quantitative estimate of drug-likeness (QED) is 0.0153. The van der Waals surface area contributed by atoms with Crippen molar-refractivity contribution in [3.05, 3.63) is 85.1 Å². The largest absolute Gasteiger partial charge is 0.480 e. The second-order valence-electron chi connectivity index (χ2n) is 13.6. The normalized spacial score (nSPS) is 15.2. The van der Waals surface area contributed by atoms with Crippen molar-refractivity contribution in [3.63, 3.8) is 0 Å². The van der Waals surface area contributed by atoms with Gasteiger partial charge in [-0.05, 0) is 77.0 Å². The standard InChI is InChI=1S/C44H72NO11P/c1-3-5-7-9-11-13-15-17-18-20-22-24-26-28-30-34-42(47)53-36-40(37-54-57(51,52)55-38-41(45)44(49)50)56-43(48)35-31-33-39(46)32-29-27-25-23-21-19-16-14-12-10-8-6-4-2/h5,7,11-14,17-19,21,25,27,29,32,39-41,46H,3-4,6,8-10,15-16,20,22-24,26,28,30-31,33-38,45H2,1-2H3,(H,49,50)(H,51,52)/b7-5-,13-11-,14-12-,18-17-,21-19-,27-25-,32-29+/t39-,40+,41-/m0/s1. The zero-order chi connectivity index (χ0) is 42.2. The molecule has 57 heavy (non-hydrogen) atoms. The number of nitrogens with two attached hydrogens (primary N) is 1. The molecule has 0 spiro atoms. The first kappa shape index (κ1) is 53.6. The Bertz CT molecular complexity index is 1300. The molecule has 1 unspecified atom stereocenters. The Morgan fingerprint density at radius 1 is 0.649 bits per heavy atom. The van der Waals surface area contributed by atoms with Gasteiger partial charge in [0, 0.05) is 12.8 Å². The van der Waals surface area contributed by atoms with Gasteiger partial charge in [-0.15, -0.1) is 0 Å². The zero-order valence-electron chi connectivity index (χ0n) is 34.5. The maximum Gasteiger partial charge on any atom is 0.472 e. The molecule has 0 aliphatic heterocycles. The lowest BCUT2D eigenvalue weighted by Gasteiger charge is -2.20. The fourth-order valence-corrected chi connectivity index (χ4v) is 5.72. The molecule has 13 heteroatoms. The molecule has 0 aliphatic carbocycles. The molecule has 0 bridgehead atoms. The maximum absolute atomic E-state index is 12.6. The number of carboxylic acid groups (broad SMARTS) is 1. The summed E-state index contributed by atoms with van der Waals surface area (Å²) in [4.78, 5) is 45.9. The second kappa shape index (κ2) is 38.2. The van der Waals surface area contributed by atoms with Crippen molar-refractivity contribution in [2.45, 2.75) is 154 Å². The third kappa shape index (κ3) is 37.9. The summed E-state index contributed by atoms with van der Waals surface area (Å²) in [7, 11) is -4.78. The SMILES string of the molecule is CC/C=C\C/C=C\C/C=C\CCCCCCCC(=O)OC[C@H](COP(=O)(O)OC[C@H](N)C(=O)O)OC(=O)CCC[C@@H](O)/C=C/C=C\C/C=C\C/C=C\CCCCC. The number of rotatable bonds is 37. The number of allylic oxidation sites excluding steroid dienone is 13. The highest BCUT2D eigenvalue weighted by atomic mass is 31.2. The van der Waals surface area contributed by atoms with E-state index in [9.17, 15) is 28.9 Å². The molecular weight excluding hydrogens is 749 g/mol. The number of phosphoric acid groups is 1. The fraction of sp³-hybridized carbons (Fsp3) is 0.614. The number of carbonyl (C=O) groups excluding carboxylic acids is 2. The summed E-state index contributed by atoms with van der Waals surface area (Å²) in [5.41, 5.74) is 5.31. The summed E-state index contributed by atoms with van der Waals surface area (Å²) >= 11 is 0. The van der Waals surface area contributed by atoms with Crippen molar-refractivity contribution in [2.75, 3.05) is 19.8 Å². The molecule has 0 radical (unpaired) electrons. The smallest absolute Gasteiger partial charge is 0.472 e. The molecule has 0 aromatic heterocycles. The molecule has 0 saturated heterocycles. The number of carbonyl (C=O) groups is 3. The highest BCUT2D eigenvalue weighted by Gasteiger charge is 2.28. The van der Waals surface area contributed by atoms with Crippen molar-refractivity contribution in [3.8, 4) is 0 Å². The van der Waals surface area contributed by atoms with Gasteiger partial charge in [0.25, 0.3) is 0 Å². The Morgan fingerprint density at radius 3 is 1.82 bits per heavy atom. The Morgan fingerprint density at radius 2 is 1.19 bits per heavy atom. The predicted octanol–water partition coefficient (Wildman–Crippen LogP) is 9.69. The van der Waals surface area contributed by atoms with Gasteiger partial charge in [-0.2, -0.15) is 0 Å². The van der Waals surface area contributed by atoms with Gasteiger partial charge in [-0.3, -0.25) is 23.4 Å². The molecule has 324 valence electrons. The van der Waals surface area contributed by atoms with Gasteiger partial charge >= 0.3 is 25.7 Å². The number of esters is 2. The first-order valence-corrected chi connectivity index (χ1v) is 22.2. The van der Waals surface area contributed by atoms with Crippen LogP contribution in [0.2, 0.25) is 0 Å². The van der Waals surface area contributed by atoms with Crippen molar-refractivity contribution >= 4 is 25.7 Å². The maximum atomic E-state index is 12.6. The molecule has 0 fully saturated rings. The molecule has 0 aliphatic rings. The predicted molar refractivity (Wildman–Crippen MR) is 227 cm³/mol. The van der Waals surface area contributed by atoms with Crippen LogP contribution in [0.15, 0.2) is 85.1 Å². The van der Waals surface area contributed by atoms with Gasteiger partial charge in [0.2, 0.25) is 0 Å². The van der Waals surface area contributed by atoms with Gasteiger partial charge < -0.3 is 30.3 Å². The van der Waals surface area contributed by atoms with Crippen molar-refractivity contribution in [2.24, 2.45) is 5.73 Å². The average molecular weight is 822 g/mol. The van der Waals surface area contributed by atoms with E-state index >= 15 is 0 Å². The van der Waals surface area contributed by atoms with Crippen molar-refractivity contribution in [1.82, 2.24) is 0 Å². The van der Waals surface area contributed by atoms with Crippen molar-refractivity contribution < 1.29 is 52.6 Å². The van der Waals surface area contributed by atoms with E-state index in [1.54, 1.807) is 12.2 Å². The fourth-order valence-electron chi connectivity index (χ4n) is 4.94. The number of aliphatic hydroxyl groups is 1.